The van der Waals surface area contributed by atoms with Crippen molar-refractivity contribution in [2.24, 2.45) is 0 Å². The van der Waals surface area contributed by atoms with Gasteiger partial charge in [0.05, 0.1) is 17.4 Å². The van der Waals surface area contributed by atoms with Crippen molar-refractivity contribution in [3.8, 4) is 0 Å². The fourth-order valence-electron chi connectivity index (χ4n) is 2.13. The topological polar surface area (TPSA) is 54.0 Å². The summed E-state index contributed by atoms with van der Waals surface area (Å²) in [6.45, 7) is 6.81. The molecule has 1 aromatic carbocycles. The Labute approximate surface area is 125 Å². The van der Waals surface area contributed by atoms with Gasteiger partial charge < -0.3 is 10.6 Å². The van der Waals surface area contributed by atoms with E-state index in [0.717, 1.165) is 28.9 Å². The van der Waals surface area contributed by atoms with Gasteiger partial charge in [-0.1, -0.05) is 25.1 Å². The van der Waals surface area contributed by atoms with Gasteiger partial charge in [0.15, 0.2) is 0 Å². The molecule has 0 saturated heterocycles. The Hall–Kier alpha value is -2.36. The van der Waals surface area contributed by atoms with Crippen molar-refractivity contribution < 1.29 is 4.79 Å². The van der Waals surface area contributed by atoms with E-state index in [1.807, 2.05) is 19.1 Å². The van der Waals surface area contributed by atoms with E-state index < -0.39 is 0 Å². The van der Waals surface area contributed by atoms with Crippen LogP contribution in [0.4, 0.5) is 11.4 Å². The molecule has 4 nitrogen and oxygen atoms in total. The first kappa shape index (κ1) is 15.0. The number of benzene rings is 1. The summed E-state index contributed by atoms with van der Waals surface area (Å²) in [5.74, 6) is -0.0884. The Morgan fingerprint density at radius 2 is 1.90 bits per heavy atom. The lowest BCUT2D eigenvalue weighted by molar-refractivity contribution is 0.0953. The SMILES string of the molecule is CCCNC(=O)c1cncc(Nc2c(C)cccc2C)c1. The molecule has 0 spiro atoms. The molecular formula is C17H21N3O. The standard InChI is InChI=1S/C17H21N3O/c1-4-8-19-17(21)14-9-15(11-18-10-14)20-16-12(2)6-5-7-13(16)3/h5-7,9-11,20H,4,8H2,1-3H3,(H,19,21). The Kier molecular flexibility index (Phi) is 4.93. The van der Waals surface area contributed by atoms with E-state index in [1.165, 1.54) is 0 Å². The van der Waals surface area contributed by atoms with E-state index in [4.69, 9.17) is 0 Å². The Bertz CT molecular complexity index is 617. The molecule has 0 bridgehead atoms. The molecule has 0 saturated carbocycles. The summed E-state index contributed by atoms with van der Waals surface area (Å²) in [5, 5.41) is 6.21. The van der Waals surface area contributed by atoms with Crippen LogP contribution in [0.3, 0.4) is 0 Å². The highest BCUT2D eigenvalue weighted by molar-refractivity contribution is 5.94. The quantitative estimate of drug-likeness (QED) is 0.881. The number of carbonyl (C=O) groups excluding carboxylic acids is 1. The largest absolute Gasteiger partial charge is 0.354 e. The predicted molar refractivity (Wildman–Crippen MR) is 86.1 cm³/mol. The van der Waals surface area contributed by atoms with Crippen LogP contribution in [-0.4, -0.2) is 17.4 Å². The molecule has 110 valence electrons. The third-order valence-corrected chi connectivity index (χ3v) is 3.29. The van der Waals surface area contributed by atoms with Crippen molar-refractivity contribution >= 4 is 17.3 Å². The van der Waals surface area contributed by atoms with Gasteiger partial charge in [-0.05, 0) is 37.5 Å². The highest BCUT2D eigenvalue weighted by Gasteiger charge is 2.07. The summed E-state index contributed by atoms with van der Waals surface area (Å²) in [6, 6.07) is 7.97. The summed E-state index contributed by atoms with van der Waals surface area (Å²) in [5.41, 5.74) is 4.77. The van der Waals surface area contributed by atoms with Crippen LogP contribution in [-0.2, 0) is 0 Å². The van der Waals surface area contributed by atoms with Gasteiger partial charge in [-0.2, -0.15) is 0 Å². The molecule has 1 aromatic heterocycles. The molecule has 0 atom stereocenters. The number of aromatic nitrogens is 1. The number of amides is 1. The Morgan fingerprint density at radius 1 is 1.19 bits per heavy atom. The number of aryl methyl sites for hydroxylation is 2. The number of carbonyl (C=O) groups is 1. The number of hydrogen-bond acceptors (Lipinski definition) is 3. The van der Waals surface area contributed by atoms with E-state index in [2.05, 4.69) is 41.6 Å². The van der Waals surface area contributed by atoms with Crippen molar-refractivity contribution in [1.29, 1.82) is 0 Å². The van der Waals surface area contributed by atoms with Crippen molar-refractivity contribution in [2.75, 3.05) is 11.9 Å². The van der Waals surface area contributed by atoms with E-state index in [1.54, 1.807) is 12.4 Å². The molecule has 21 heavy (non-hydrogen) atoms. The van der Waals surface area contributed by atoms with E-state index >= 15 is 0 Å². The molecule has 0 aliphatic heterocycles. The van der Waals surface area contributed by atoms with Crippen LogP contribution in [0.2, 0.25) is 0 Å². The van der Waals surface area contributed by atoms with Gasteiger partial charge in [-0.25, -0.2) is 0 Å². The number of nitrogens with zero attached hydrogens (tertiary/aromatic N) is 1. The molecule has 1 heterocycles. The summed E-state index contributed by atoms with van der Waals surface area (Å²) in [6.07, 6.45) is 4.23. The molecule has 2 rings (SSSR count). The zero-order chi connectivity index (χ0) is 15.2. The molecule has 0 unspecified atom stereocenters. The minimum Gasteiger partial charge on any atom is -0.354 e. The normalized spacial score (nSPS) is 10.2. The van der Waals surface area contributed by atoms with Gasteiger partial charge >= 0.3 is 0 Å². The molecule has 0 fully saturated rings. The minimum absolute atomic E-state index is 0.0884. The number of nitrogens with one attached hydrogen (secondary N) is 2. The van der Waals surface area contributed by atoms with Gasteiger partial charge in [-0.3, -0.25) is 9.78 Å². The van der Waals surface area contributed by atoms with Crippen LogP contribution in [0.15, 0.2) is 36.7 Å². The fourth-order valence-corrected chi connectivity index (χ4v) is 2.13. The maximum absolute atomic E-state index is 12.0. The lowest BCUT2D eigenvalue weighted by Crippen LogP contribution is -2.24. The van der Waals surface area contributed by atoms with Crippen molar-refractivity contribution in [1.82, 2.24) is 10.3 Å². The maximum Gasteiger partial charge on any atom is 0.252 e. The first-order valence-corrected chi connectivity index (χ1v) is 7.18. The minimum atomic E-state index is -0.0884. The third kappa shape index (κ3) is 3.81. The molecule has 0 radical (unpaired) electrons. The number of rotatable bonds is 5. The van der Waals surface area contributed by atoms with Gasteiger partial charge in [0.2, 0.25) is 0 Å². The molecular weight excluding hydrogens is 262 g/mol. The smallest absolute Gasteiger partial charge is 0.252 e. The van der Waals surface area contributed by atoms with E-state index in [0.29, 0.717) is 12.1 Å². The lowest BCUT2D eigenvalue weighted by Gasteiger charge is -2.13. The Balaban J connectivity index is 2.20. The van der Waals surface area contributed by atoms with Gasteiger partial charge in [0.1, 0.15) is 0 Å². The maximum atomic E-state index is 12.0. The second kappa shape index (κ2) is 6.88. The van der Waals surface area contributed by atoms with Crippen LogP contribution >= 0.6 is 0 Å². The first-order chi connectivity index (χ1) is 10.1. The highest BCUT2D eigenvalue weighted by Crippen LogP contribution is 2.24. The molecule has 4 heteroatoms. The van der Waals surface area contributed by atoms with Crippen LogP contribution < -0.4 is 10.6 Å². The summed E-state index contributed by atoms with van der Waals surface area (Å²) < 4.78 is 0. The van der Waals surface area contributed by atoms with E-state index in [-0.39, 0.29) is 5.91 Å². The summed E-state index contributed by atoms with van der Waals surface area (Å²) >= 11 is 0. The average molecular weight is 283 g/mol. The number of hydrogen-bond donors (Lipinski definition) is 2. The van der Waals surface area contributed by atoms with Crippen molar-refractivity contribution in [2.45, 2.75) is 27.2 Å². The van der Waals surface area contributed by atoms with Crippen molar-refractivity contribution in [3.63, 3.8) is 0 Å². The Morgan fingerprint density at radius 3 is 2.57 bits per heavy atom. The van der Waals surface area contributed by atoms with Crippen LogP contribution in [0, 0.1) is 13.8 Å². The number of para-hydroxylation sites is 1. The van der Waals surface area contributed by atoms with Crippen LogP contribution in [0.1, 0.15) is 34.8 Å². The zero-order valence-electron chi connectivity index (χ0n) is 12.7. The third-order valence-electron chi connectivity index (χ3n) is 3.29. The van der Waals surface area contributed by atoms with Gasteiger partial charge in [0, 0.05) is 18.4 Å². The van der Waals surface area contributed by atoms with E-state index in [9.17, 15) is 4.79 Å². The average Bonchev–Trinajstić information content (AvgIpc) is 2.49. The number of pyridine rings is 1. The second-order valence-corrected chi connectivity index (χ2v) is 5.11. The summed E-state index contributed by atoms with van der Waals surface area (Å²) in [4.78, 5) is 16.1. The summed E-state index contributed by atoms with van der Waals surface area (Å²) in [7, 11) is 0. The molecule has 0 aliphatic carbocycles. The first-order valence-electron chi connectivity index (χ1n) is 7.18. The fraction of sp³-hybridized carbons (Fsp3) is 0.294. The highest BCUT2D eigenvalue weighted by atomic mass is 16.1. The number of anilines is 2. The second-order valence-electron chi connectivity index (χ2n) is 5.11. The zero-order valence-corrected chi connectivity index (χ0v) is 12.7. The van der Waals surface area contributed by atoms with Gasteiger partial charge in [-0.15, -0.1) is 0 Å². The lowest BCUT2D eigenvalue weighted by atomic mass is 10.1. The molecule has 1 amide bonds. The van der Waals surface area contributed by atoms with Crippen LogP contribution in [0.25, 0.3) is 0 Å². The van der Waals surface area contributed by atoms with Gasteiger partial charge in [0.25, 0.3) is 5.91 Å². The predicted octanol–water partition coefficient (Wildman–Crippen LogP) is 3.58. The molecule has 0 aliphatic rings. The molecule has 2 N–H and O–H groups in total. The van der Waals surface area contributed by atoms with Crippen molar-refractivity contribution in [3.05, 3.63) is 53.3 Å². The monoisotopic (exact) mass is 283 g/mol. The van der Waals surface area contributed by atoms with Crippen LogP contribution in [0.5, 0.6) is 0 Å². The molecule has 2 aromatic rings.